The van der Waals surface area contributed by atoms with Crippen molar-refractivity contribution in [3.8, 4) is 5.75 Å². The van der Waals surface area contributed by atoms with Gasteiger partial charge in [-0.3, -0.25) is 4.99 Å². The van der Waals surface area contributed by atoms with Crippen LogP contribution in [0.15, 0.2) is 58.4 Å². The summed E-state index contributed by atoms with van der Waals surface area (Å²) < 4.78 is 5.81. The Morgan fingerprint density at radius 1 is 1.00 bits per heavy atom. The van der Waals surface area contributed by atoms with Gasteiger partial charge in [-0.25, -0.2) is 0 Å². The summed E-state index contributed by atoms with van der Waals surface area (Å²) in [5.41, 5.74) is 2.06. The first-order valence-electron chi connectivity index (χ1n) is 6.41. The van der Waals surface area contributed by atoms with Crippen LogP contribution in [0.3, 0.4) is 0 Å². The largest absolute Gasteiger partial charge is 0.493 e. The van der Waals surface area contributed by atoms with E-state index < -0.39 is 0 Å². The Morgan fingerprint density at radius 3 is 2.84 bits per heavy atom. The summed E-state index contributed by atoms with van der Waals surface area (Å²) >= 11 is 1.84. The lowest BCUT2D eigenvalue weighted by Crippen LogP contribution is -2.00. The van der Waals surface area contributed by atoms with Gasteiger partial charge < -0.3 is 4.74 Å². The highest BCUT2D eigenvalue weighted by atomic mass is 32.2. The van der Waals surface area contributed by atoms with Crippen molar-refractivity contribution in [1.82, 2.24) is 0 Å². The summed E-state index contributed by atoms with van der Waals surface area (Å²) in [6, 6.07) is 16.3. The third-order valence-electron chi connectivity index (χ3n) is 2.93. The van der Waals surface area contributed by atoms with Gasteiger partial charge in [-0.1, -0.05) is 24.3 Å². The monoisotopic (exact) mass is 269 g/mol. The quantitative estimate of drug-likeness (QED) is 0.710. The van der Waals surface area contributed by atoms with E-state index in [2.05, 4.69) is 23.2 Å². The van der Waals surface area contributed by atoms with Crippen LogP contribution in [0.4, 0.5) is 5.69 Å². The maximum Gasteiger partial charge on any atom is 0.128 e. The molecule has 0 unspecified atom stereocenters. The van der Waals surface area contributed by atoms with Crippen LogP contribution in [0.1, 0.15) is 12.0 Å². The molecule has 1 heterocycles. The minimum absolute atomic E-state index is 0.750. The van der Waals surface area contributed by atoms with E-state index in [0.29, 0.717) is 0 Å². The molecular formula is C16H15NOS. The van der Waals surface area contributed by atoms with Crippen molar-refractivity contribution in [2.45, 2.75) is 11.3 Å². The maximum atomic E-state index is 5.81. The van der Waals surface area contributed by atoms with Crippen LogP contribution in [-0.2, 0) is 0 Å². The molecule has 1 aliphatic rings. The van der Waals surface area contributed by atoms with Gasteiger partial charge in [0, 0.05) is 22.4 Å². The lowest BCUT2D eigenvalue weighted by Gasteiger charge is -2.07. The fraction of sp³-hybridized carbons (Fsp3) is 0.188. The zero-order chi connectivity index (χ0) is 12.9. The number of para-hydroxylation sites is 2. The Balaban J connectivity index is 2.00. The lowest BCUT2D eigenvalue weighted by molar-refractivity contribution is 0.318. The molecule has 0 radical (unpaired) electrons. The van der Waals surface area contributed by atoms with Crippen LogP contribution in [0, 0.1) is 0 Å². The van der Waals surface area contributed by atoms with Gasteiger partial charge in [-0.2, -0.15) is 0 Å². The van der Waals surface area contributed by atoms with Gasteiger partial charge in [-0.05, 0) is 30.7 Å². The molecule has 0 N–H and O–H groups in total. The second-order valence-electron chi connectivity index (χ2n) is 4.31. The number of fused-ring (bicyclic) bond motifs is 2. The molecule has 0 atom stereocenters. The second-order valence-corrected chi connectivity index (χ2v) is 5.45. The molecule has 96 valence electrons. The predicted octanol–water partition coefficient (Wildman–Crippen LogP) is 4.31. The minimum atomic E-state index is 0.750. The first kappa shape index (κ1) is 12.3. The van der Waals surface area contributed by atoms with E-state index in [9.17, 15) is 0 Å². The average molecular weight is 269 g/mol. The summed E-state index contributed by atoms with van der Waals surface area (Å²) in [6.07, 6.45) is 2.92. The number of nitrogens with zero attached hydrogens (tertiary/aromatic N) is 1. The predicted molar refractivity (Wildman–Crippen MR) is 81.0 cm³/mol. The van der Waals surface area contributed by atoms with Gasteiger partial charge >= 0.3 is 0 Å². The maximum absolute atomic E-state index is 5.81. The number of benzene rings is 2. The Morgan fingerprint density at radius 2 is 1.84 bits per heavy atom. The zero-order valence-corrected chi connectivity index (χ0v) is 11.4. The van der Waals surface area contributed by atoms with Gasteiger partial charge in [0.15, 0.2) is 0 Å². The van der Waals surface area contributed by atoms with Crippen molar-refractivity contribution in [1.29, 1.82) is 0 Å². The molecule has 0 fully saturated rings. The Hall–Kier alpha value is -1.74. The van der Waals surface area contributed by atoms with Crippen molar-refractivity contribution in [2.75, 3.05) is 12.4 Å². The fourth-order valence-electron chi connectivity index (χ4n) is 1.97. The molecule has 0 saturated carbocycles. The van der Waals surface area contributed by atoms with E-state index in [1.54, 1.807) is 0 Å². The number of thioether (sulfide) groups is 1. The summed E-state index contributed by atoms with van der Waals surface area (Å²) in [7, 11) is 0. The van der Waals surface area contributed by atoms with Crippen LogP contribution in [0.2, 0.25) is 0 Å². The standard InChI is InChI=1S/C16H15NOS/c1-3-8-15-13(6-1)12-17-14-7-2-4-9-16(14)19-11-5-10-18-15/h1-4,6-9,12H,5,10-11H2. The molecule has 0 aromatic heterocycles. The van der Waals surface area contributed by atoms with Crippen LogP contribution in [0.25, 0.3) is 0 Å². The van der Waals surface area contributed by atoms with E-state index in [1.807, 2.05) is 48.3 Å². The number of hydrogen-bond donors (Lipinski definition) is 0. The molecular weight excluding hydrogens is 254 g/mol. The Bertz CT molecular complexity index is 543. The van der Waals surface area contributed by atoms with E-state index in [-0.39, 0.29) is 0 Å². The number of aliphatic imine (C=N–C) groups is 1. The van der Waals surface area contributed by atoms with Crippen molar-refractivity contribution in [3.05, 3.63) is 54.1 Å². The van der Waals surface area contributed by atoms with E-state index >= 15 is 0 Å². The van der Waals surface area contributed by atoms with Crippen LogP contribution < -0.4 is 4.74 Å². The molecule has 0 spiro atoms. The summed E-state index contributed by atoms with van der Waals surface area (Å²) in [4.78, 5) is 5.84. The smallest absolute Gasteiger partial charge is 0.128 e. The highest BCUT2D eigenvalue weighted by Gasteiger charge is 2.05. The van der Waals surface area contributed by atoms with Crippen molar-refractivity contribution < 1.29 is 4.74 Å². The highest BCUT2D eigenvalue weighted by molar-refractivity contribution is 7.99. The number of ether oxygens (including phenoxy) is 1. The Labute approximate surface area is 117 Å². The van der Waals surface area contributed by atoms with E-state index in [1.165, 1.54) is 4.90 Å². The summed E-state index contributed by atoms with van der Waals surface area (Å²) in [5.74, 6) is 1.96. The van der Waals surface area contributed by atoms with Gasteiger partial charge in [0.2, 0.25) is 0 Å². The molecule has 0 bridgehead atoms. The molecule has 1 aliphatic heterocycles. The molecule has 2 aromatic carbocycles. The molecule has 19 heavy (non-hydrogen) atoms. The zero-order valence-electron chi connectivity index (χ0n) is 10.6. The molecule has 3 heteroatoms. The lowest BCUT2D eigenvalue weighted by atomic mass is 10.2. The molecule has 2 nitrogen and oxygen atoms in total. The van der Waals surface area contributed by atoms with Gasteiger partial charge in [0.1, 0.15) is 5.75 Å². The molecule has 3 rings (SSSR count). The SMILES string of the molecule is C1=Nc2ccccc2SCCCOc2ccccc21. The third-order valence-corrected chi connectivity index (χ3v) is 4.08. The van der Waals surface area contributed by atoms with E-state index in [0.717, 1.165) is 35.8 Å². The average Bonchev–Trinajstić information content (AvgIpc) is 2.50. The van der Waals surface area contributed by atoms with Gasteiger partial charge in [0.05, 0.1) is 12.3 Å². The molecule has 0 saturated heterocycles. The van der Waals surface area contributed by atoms with Crippen LogP contribution in [-0.4, -0.2) is 18.6 Å². The summed E-state index contributed by atoms with van der Waals surface area (Å²) in [6.45, 7) is 0.750. The molecule has 0 amide bonds. The van der Waals surface area contributed by atoms with Crippen LogP contribution >= 0.6 is 11.8 Å². The van der Waals surface area contributed by atoms with Crippen molar-refractivity contribution in [2.24, 2.45) is 4.99 Å². The first-order chi connectivity index (χ1) is 9.43. The fourth-order valence-corrected chi connectivity index (χ4v) is 2.89. The minimum Gasteiger partial charge on any atom is -0.493 e. The summed E-state index contributed by atoms with van der Waals surface area (Å²) in [5, 5.41) is 0. The normalized spacial score (nSPS) is 14.7. The number of rotatable bonds is 0. The third kappa shape index (κ3) is 2.99. The molecule has 2 aromatic rings. The highest BCUT2D eigenvalue weighted by Crippen LogP contribution is 2.30. The van der Waals surface area contributed by atoms with Crippen LogP contribution in [0.5, 0.6) is 5.75 Å². The number of hydrogen-bond acceptors (Lipinski definition) is 3. The topological polar surface area (TPSA) is 21.6 Å². The van der Waals surface area contributed by atoms with Gasteiger partial charge in [0.25, 0.3) is 0 Å². The Kier molecular flexibility index (Phi) is 3.84. The van der Waals surface area contributed by atoms with Crippen molar-refractivity contribution in [3.63, 3.8) is 0 Å². The molecule has 0 aliphatic carbocycles. The first-order valence-corrected chi connectivity index (χ1v) is 7.40. The van der Waals surface area contributed by atoms with E-state index in [4.69, 9.17) is 4.74 Å². The van der Waals surface area contributed by atoms with Crippen molar-refractivity contribution >= 4 is 23.7 Å². The second kappa shape index (κ2) is 5.93. The van der Waals surface area contributed by atoms with Gasteiger partial charge in [-0.15, -0.1) is 11.8 Å².